The summed E-state index contributed by atoms with van der Waals surface area (Å²) in [5.41, 5.74) is -0.181. The van der Waals surface area contributed by atoms with Crippen LogP contribution in [0.3, 0.4) is 0 Å². The van der Waals surface area contributed by atoms with Gasteiger partial charge in [-0.3, -0.25) is 4.79 Å². The number of rotatable bonds is 7. The third kappa shape index (κ3) is 5.43. The summed E-state index contributed by atoms with van der Waals surface area (Å²) in [5, 5.41) is 4.50. The van der Waals surface area contributed by atoms with E-state index in [2.05, 4.69) is 10.3 Å². The van der Waals surface area contributed by atoms with E-state index < -0.39 is 29.5 Å². The number of ether oxygens (including phenoxy) is 1. The van der Waals surface area contributed by atoms with Crippen molar-refractivity contribution in [3.05, 3.63) is 57.8 Å². The normalized spacial score (nSPS) is 18.2. The quantitative estimate of drug-likeness (QED) is 0.565. The average Bonchev–Trinajstić information content (AvgIpc) is 3.13. The van der Waals surface area contributed by atoms with E-state index in [1.807, 2.05) is 13.8 Å². The number of hydrogen-bond acceptors (Lipinski definition) is 6. The number of nitrogens with one attached hydrogen (secondary N) is 1. The van der Waals surface area contributed by atoms with Gasteiger partial charge in [-0.15, -0.1) is 0 Å². The Labute approximate surface area is 195 Å². The van der Waals surface area contributed by atoms with Gasteiger partial charge in [0.15, 0.2) is 10.9 Å². The Morgan fingerprint density at radius 2 is 1.97 bits per heavy atom. The topological polar surface area (TPSA) is 71.0 Å². The fourth-order valence-electron chi connectivity index (χ4n) is 3.62. The summed E-state index contributed by atoms with van der Waals surface area (Å²) in [7, 11) is 0. The van der Waals surface area contributed by atoms with Crippen LogP contribution >= 0.6 is 11.8 Å². The third-order valence-electron chi connectivity index (χ3n) is 5.11. The van der Waals surface area contributed by atoms with Gasteiger partial charge >= 0.3 is 12.1 Å². The molecule has 0 aromatic heterocycles. The molecular weight excluding hydrogens is 455 g/mol. The van der Waals surface area contributed by atoms with E-state index in [1.165, 1.54) is 6.92 Å². The number of carbonyl (C=O) groups excluding carboxylic acids is 2. The van der Waals surface area contributed by atoms with E-state index in [-0.39, 0.29) is 30.0 Å². The molecule has 0 saturated carbocycles. The van der Waals surface area contributed by atoms with E-state index >= 15 is 0 Å². The summed E-state index contributed by atoms with van der Waals surface area (Å²) >= 11 is 1.000. The molecule has 2 aliphatic rings. The highest BCUT2D eigenvalue weighted by Gasteiger charge is 2.49. The highest BCUT2D eigenvalue weighted by Crippen LogP contribution is 2.48. The number of alkyl halides is 3. The fraction of sp³-hybridized carbons (Fsp3) is 0.435. The predicted octanol–water partition coefficient (Wildman–Crippen LogP) is 4.84. The molecule has 1 aromatic rings. The summed E-state index contributed by atoms with van der Waals surface area (Å²) in [4.78, 5) is 30.7. The molecule has 1 aromatic carbocycles. The summed E-state index contributed by atoms with van der Waals surface area (Å²) in [6.07, 6.45) is -4.92. The first-order valence-corrected chi connectivity index (χ1v) is 11.5. The number of aliphatic imine (C=N–C) groups is 1. The Hall–Kier alpha value is -2.75. The molecule has 0 fully saturated rings. The monoisotopic (exact) mass is 481 g/mol. The molecule has 33 heavy (non-hydrogen) atoms. The number of thioether (sulfide) groups is 1. The lowest BCUT2D eigenvalue weighted by molar-refractivity contribution is -0.140. The second-order valence-electron chi connectivity index (χ2n) is 8.11. The summed E-state index contributed by atoms with van der Waals surface area (Å²) in [5.74, 6) is -1.09. The number of aryl methyl sites for hydroxylation is 1. The van der Waals surface area contributed by atoms with Gasteiger partial charge in [0.1, 0.15) is 0 Å². The van der Waals surface area contributed by atoms with Crippen molar-refractivity contribution in [2.24, 2.45) is 10.9 Å². The molecule has 1 atom stereocenters. The summed E-state index contributed by atoms with van der Waals surface area (Å²) in [6.45, 7) is 7.61. The Kier molecular flexibility index (Phi) is 7.56. The minimum absolute atomic E-state index is 0.0570. The summed E-state index contributed by atoms with van der Waals surface area (Å²) < 4.78 is 47.2. The number of nitrogens with zero attached hydrogens (tertiary/aromatic N) is 2. The van der Waals surface area contributed by atoms with Crippen LogP contribution in [-0.2, 0) is 14.3 Å². The molecule has 0 spiro atoms. The van der Waals surface area contributed by atoms with Crippen LogP contribution in [0.25, 0.3) is 0 Å². The molecule has 0 aliphatic carbocycles. The van der Waals surface area contributed by atoms with Gasteiger partial charge in [0, 0.05) is 12.2 Å². The van der Waals surface area contributed by atoms with E-state index in [0.29, 0.717) is 23.4 Å². The first kappa shape index (κ1) is 24.9. The number of carbonyl (C=O) groups is 2. The SMILES string of the molecule is CCOC(=O)C1=C(C(F)(F)F)N=C2SC=C(CC(=O)NCC(C)C)N2C1c1ccccc1C. The molecule has 1 N–H and O–H groups in total. The Bertz CT molecular complexity index is 1030. The van der Waals surface area contributed by atoms with Crippen LogP contribution in [0.1, 0.15) is 44.4 Å². The van der Waals surface area contributed by atoms with Crippen molar-refractivity contribution in [2.75, 3.05) is 13.2 Å². The number of halogens is 3. The molecule has 0 radical (unpaired) electrons. The summed E-state index contributed by atoms with van der Waals surface area (Å²) in [6, 6.07) is 5.78. The van der Waals surface area contributed by atoms with Gasteiger partial charge in [-0.2, -0.15) is 13.2 Å². The standard InChI is InChI=1S/C23H26F3N3O3S/c1-5-32-21(31)18-19(16-9-7-6-8-14(16)4)29-15(10-17(30)27-11-13(2)3)12-33-22(29)28-20(18)23(24,25)26/h6-9,12-13,19H,5,10-11H2,1-4H3,(H,27,30). The van der Waals surface area contributed by atoms with Crippen molar-refractivity contribution in [1.29, 1.82) is 0 Å². The van der Waals surface area contributed by atoms with Crippen molar-refractivity contribution in [2.45, 2.75) is 46.3 Å². The molecule has 6 nitrogen and oxygen atoms in total. The number of esters is 1. The van der Waals surface area contributed by atoms with Crippen molar-refractivity contribution in [1.82, 2.24) is 10.2 Å². The fourth-order valence-corrected chi connectivity index (χ4v) is 4.54. The zero-order valence-corrected chi connectivity index (χ0v) is 19.6. The maximum atomic E-state index is 14.0. The number of fused-ring (bicyclic) bond motifs is 1. The Morgan fingerprint density at radius 1 is 1.27 bits per heavy atom. The molecule has 178 valence electrons. The van der Waals surface area contributed by atoms with Crippen LogP contribution in [-0.4, -0.2) is 41.3 Å². The largest absolute Gasteiger partial charge is 0.463 e. The van der Waals surface area contributed by atoms with Crippen LogP contribution in [0.5, 0.6) is 0 Å². The highest BCUT2D eigenvalue weighted by molar-refractivity contribution is 8.16. The molecule has 10 heteroatoms. The molecular formula is C23H26F3N3O3S. The Morgan fingerprint density at radius 3 is 2.58 bits per heavy atom. The van der Waals surface area contributed by atoms with Gasteiger partial charge in [-0.05, 0) is 36.3 Å². The second kappa shape index (κ2) is 10.0. The van der Waals surface area contributed by atoms with E-state index in [4.69, 9.17) is 4.74 Å². The van der Waals surface area contributed by atoms with Crippen LogP contribution < -0.4 is 5.32 Å². The maximum absolute atomic E-state index is 14.0. The second-order valence-corrected chi connectivity index (χ2v) is 8.94. The number of hydrogen-bond donors (Lipinski definition) is 1. The predicted molar refractivity (Wildman–Crippen MR) is 121 cm³/mol. The van der Waals surface area contributed by atoms with Gasteiger partial charge in [0.25, 0.3) is 0 Å². The van der Waals surface area contributed by atoms with Crippen molar-refractivity contribution in [3.63, 3.8) is 0 Å². The molecule has 0 saturated heterocycles. The van der Waals surface area contributed by atoms with Crippen LogP contribution in [0, 0.1) is 12.8 Å². The van der Waals surface area contributed by atoms with Crippen LogP contribution in [0.4, 0.5) is 13.2 Å². The van der Waals surface area contributed by atoms with Crippen molar-refractivity contribution >= 4 is 28.8 Å². The number of amidine groups is 1. The van der Waals surface area contributed by atoms with Crippen LogP contribution in [0.15, 0.2) is 51.6 Å². The lowest BCUT2D eigenvalue weighted by atomic mass is 9.90. The lowest BCUT2D eigenvalue weighted by Crippen LogP contribution is -2.40. The van der Waals surface area contributed by atoms with Gasteiger partial charge < -0.3 is 15.0 Å². The smallest absolute Gasteiger partial charge is 0.434 e. The molecule has 1 unspecified atom stereocenters. The van der Waals surface area contributed by atoms with Gasteiger partial charge in [0.05, 0.1) is 24.6 Å². The average molecular weight is 482 g/mol. The minimum atomic E-state index is -4.86. The molecule has 1 amide bonds. The molecule has 0 bridgehead atoms. The number of benzene rings is 1. The van der Waals surface area contributed by atoms with Crippen LogP contribution in [0.2, 0.25) is 0 Å². The lowest BCUT2D eigenvalue weighted by Gasteiger charge is -2.37. The molecule has 2 aliphatic heterocycles. The first-order chi connectivity index (χ1) is 15.5. The highest BCUT2D eigenvalue weighted by atomic mass is 32.2. The third-order valence-corrected chi connectivity index (χ3v) is 5.99. The molecule has 3 rings (SSSR count). The van der Waals surface area contributed by atoms with Crippen molar-refractivity contribution in [3.8, 4) is 0 Å². The maximum Gasteiger partial charge on any atom is 0.434 e. The van der Waals surface area contributed by atoms with E-state index in [0.717, 1.165) is 11.8 Å². The molecule has 2 heterocycles. The van der Waals surface area contributed by atoms with Gasteiger partial charge in [-0.1, -0.05) is 49.9 Å². The van der Waals surface area contributed by atoms with Gasteiger partial charge in [0.2, 0.25) is 5.91 Å². The zero-order valence-electron chi connectivity index (χ0n) is 18.8. The Balaban J connectivity index is 2.12. The van der Waals surface area contributed by atoms with E-state index in [9.17, 15) is 22.8 Å². The minimum Gasteiger partial charge on any atom is -0.463 e. The van der Waals surface area contributed by atoms with Gasteiger partial charge in [-0.25, -0.2) is 9.79 Å². The first-order valence-electron chi connectivity index (χ1n) is 10.6. The zero-order chi connectivity index (χ0) is 24.3. The van der Waals surface area contributed by atoms with E-state index in [1.54, 1.807) is 41.5 Å². The number of amides is 1. The van der Waals surface area contributed by atoms with Crippen molar-refractivity contribution < 1.29 is 27.5 Å². The number of allylic oxidation sites excluding steroid dienone is 1.